The number of thiophene rings is 1. The van der Waals surface area contributed by atoms with Crippen molar-refractivity contribution in [1.29, 1.82) is 0 Å². The highest BCUT2D eigenvalue weighted by Gasteiger charge is 2.27. The first-order chi connectivity index (χ1) is 16.0. The van der Waals surface area contributed by atoms with E-state index in [0.29, 0.717) is 13.1 Å². The van der Waals surface area contributed by atoms with Crippen molar-refractivity contribution in [3.8, 4) is 0 Å². The van der Waals surface area contributed by atoms with E-state index in [9.17, 15) is 4.79 Å². The first kappa shape index (κ1) is 22.6. The van der Waals surface area contributed by atoms with Gasteiger partial charge in [0.25, 0.3) is 0 Å². The van der Waals surface area contributed by atoms with E-state index in [-0.39, 0.29) is 6.03 Å². The molecule has 0 bridgehead atoms. The molecule has 2 aliphatic rings. The maximum absolute atomic E-state index is 12.8. The number of aromatic nitrogens is 2. The minimum Gasteiger partial charge on any atom is -0.352 e. The van der Waals surface area contributed by atoms with Gasteiger partial charge in [-0.15, -0.1) is 11.3 Å². The van der Waals surface area contributed by atoms with Gasteiger partial charge in [0.2, 0.25) is 0 Å². The quantitative estimate of drug-likeness (QED) is 0.529. The van der Waals surface area contributed by atoms with Crippen molar-refractivity contribution >= 4 is 55.0 Å². The first-order valence-corrected chi connectivity index (χ1v) is 13.1. The Morgan fingerprint density at radius 3 is 2.64 bits per heavy atom. The van der Waals surface area contributed by atoms with Gasteiger partial charge in [-0.25, -0.2) is 14.8 Å². The van der Waals surface area contributed by atoms with Crippen molar-refractivity contribution in [3.63, 3.8) is 0 Å². The minimum absolute atomic E-state index is 0.0596. The van der Waals surface area contributed by atoms with E-state index in [0.717, 1.165) is 59.1 Å². The number of amides is 2. The number of nitrogens with one attached hydrogen (secondary N) is 1. The van der Waals surface area contributed by atoms with Gasteiger partial charge in [0, 0.05) is 35.5 Å². The maximum Gasteiger partial charge on any atom is 0.321 e. The maximum atomic E-state index is 12.8. The average molecular weight is 530 g/mol. The summed E-state index contributed by atoms with van der Waals surface area (Å²) in [7, 11) is 4.10. The number of nitrogens with zero attached hydrogens (tertiary/aromatic N) is 5. The van der Waals surface area contributed by atoms with Gasteiger partial charge >= 0.3 is 6.03 Å². The zero-order chi connectivity index (χ0) is 22.9. The van der Waals surface area contributed by atoms with Crippen LogP contribution in [-0.2, 0) is 19.4 Å². The first-order valence-electron chi connectivity index (χ1n) is 11.5. The fourth-order valence-corrected chi connectivity index (χ4v) is 6.30. The number of anilines is 2. The summed E-state index contributed by atoms with van der Waals surface area (Å²) in [6, 6.07) is 7.64. The molecule has 3 heterocycles. The van der Waals surface area contributed by atoms with Gasteiger partial charge in [-0.1, -0.05) is 12.1 Å². The molecule has 0 radical (unpaired) electrons. The van der Waals surface area contributed by atoms with Crippen LogP contribution in [0.2, 0.25) is 0 Å². The van der Waals surface area contributed by atoms with Gasteiger partial charge < -0.3 is 20.0 Å². The summed E-state index contributed by atoms with van der Waals surface area (Å²) in [4.78, 5) is 31.8. The minimum atomic E-state index is -0.0596. The van der Waals surface area contributed by atoms with Crippen LogP contribution < -0.4 is 10.2 Å². The smallest absolute Gasteiger partial charge is 0.321 e. The highest BCUT2D eigenvalue weighted by molar-refractivity contribution is 9.10. The van der Waals surface area contributed by atoms with Crippen LogP contribution >= 0.6 is 27.3 Å². The number of halogens is 1. The second-order valence-corrected chi connectivity index (χ2v) is 10.9. The molecule has 1 aliphatic carbocycles. The number of hydrogen-bond acceptors (Lipinski definition) is 6. The van der Waals surface area contributed by atoms with Crippen LogP contribution in [0.15, 0.2) is 28.7 Å². The number of para-hydroxylation sites is 1. The number of carbonyl (C=O) groups is 1. The molecular weight excluding hydrogens is 500 g/mol. The van der Waals surface area contributed by atoms with Crippen LogP contribution in [0, 0.1) is 0 Å². The van der Waals surface area contributed by atoms with Gasteiger partial charge in [0.1, 0.15) is 16.5 Å². The molecule has 7 nitrogen and oxygen atoms in total. The van der Waals surface area contributed by atoms with Crippen LogP contribution in [0.1, 0.15) is 29.1 Å². The molecule has 2 amide bonds. The molecule has 9 heteroatoms. The zero-order valence-corrected chi connectivity index (χ0v) is 21.5. The Morgan fingerprint density at radius 1 is 1.12 bits per heavy atom. The third-order valence-electron chi connectivity index (χ3n) is 6.28. The molecule has 1 N–H and O–H groups in total. The van der Waals surface area contributed by atoms with Gasteiger partial charge in [0.05, 0.1) is 17.6 Å². The summed E-state index contributed by atoms with van der Waals surface area (Å²) in [5.41, 5.74) is 2.25. The van der Waals surface area contributed by atoms with E-state index in [1.54, 1.807) is 0 Å². The monoisotopic (exact) mass is 528 g/mol. The third kappa shape index (κ3) is 4.72. The molecule has 2 aromatic heterocycles. The Hall–Kier alpha value is -2.23. The van der Waals surface area contributed by atoms with Crippen LogP contribution in [-0.4, -0.2) is 66.1 Å². The fourth-order valence-electron chi connectivity index (χ4n) is 4.64. The molecule has 0 unspecified atom stereocenters. The number of carbonyl (C=O) groups excluding carboxylic acids is 1. The second-order valence-electron chi connectivity index (χ2n) is 8.98. The molecule has 5 rings (SSSR count). The molecule has 0 spiro atoms. The predicted molar refractivity (Wildman–Crippen MR) is 138 cm³/mol. The molecular formula is C24H29BrN6OS. The third-order valence-corrected chi connectivity index (χ3v) is 8.16. The Labute approximate surface area is 206 Å². The van der Waals surface area contributed by atoms with E-state index in [1.807, 2.05) is 40.5 Å². The molecule has 1 fully saturated rings. The van der Waals surface area contributed by atoms with Gasteiger partial charge in [0.15, 0.2) is 0 Å². The summed E-state index contributed by atoms with van der Waals surface area (Å²) < 4.78 is 0.885. The summed E-state index contributed by atoms with van der Waals surface area (Å²) in [5, 5.41) is 4.28. The molecule has 33 heavy (non-hydrogen) atoms. The standard InChI is InChI=1S/C24H29BrN6OS/c1-29(2)15-20-27-22(21-16-7-3-6-10-19(16)33-23(21)28-20)30-11-13-31(14-12-30)24(32)26-18-9-5-4-8-17(18)25/h4-5,8-9H,3,6-7,10-15H2,1-2H3,(H,26,32). The summed E-state index contributed by atoms with van der Waals surface area (Å²) in [6.45, 7) is 3.58. The van der Waals surface area contributed by atoms with E-state index >= 15 is 0 Å². The highest BCUT2D eigenvalue weighted by atomic mass is 79.9. The average Bonchev–Trinajstić information content (AvgIpc) is 3.18. The molecule has 1 saturated heterocycles. The number of aryl methyl sites for hydroxylation is 2. The Balaban J connectivity index is 1.38. The Bertz CT molecular complexity index is 1170. The Kier molecular flexibility index (Phi) is 6.53. The van der Waals surface area contributed by atoms with E-state index < -0.39 is 0 Å². The highest BCUT2D eigenvalue weighted by Crippen LogP contribution is 2.40. The van der Waals surface area contributed by atoms with Gasteiger partial charge in [-0.2, -0.15) is 0 Å². The lowest BCUT2D eigenvalue weighted by atomic mass is 9.97. The summed E-state index contributed by atoms with van der Waals surface area (Å²) in [6.07, 6.45) is 4.77. The lowest BCUT2D eigenvalue weighted by Gasteiger charge is -2.36. The topological polar surface area (TPSA) is 64.6 Å². The Morgan fingerprint density at radius 2 is 1.88 bits per heavy atom. The van der Waals surface area contributed by atoms with Crippen LogP contribution in [0.3, 0.4) is 0 Å². The van der Waals surface area contributed by atoms with E-state index in [2.05, 4.69) is 45.1 Å². The van der Waals surface area contributed by atoms with Crippen molar-refractivity contribution in [1.82, 2.24) is 19.8 Å². The second kappa shape index (κ2) is 9.56. The molecule has 0 saturated carbocycles. The van der Waals surface area contributed by atoms with E-state index in [4.69, 9.17) is 9.97 Å². The molecule has 174 valence electrons. The number of fused-ring (bicyclic) bond motifs is 3. The van der Waals surface area contributed by atoms with Crippen LogP contribution in [0.4, 0.5) is 16.3 Å². The number of rotatable bonds is 4. The number of benzene rings is 1. The van der Waals surface area contributed by atoms with Crippen molar-refractivity contribution in [3.05, 3.63) is 45.0 Å². The van der Waals surface area contributed by atoms with Crippen LogP contribution in [0.5, 0.6) is 0 Å². The van der Waals surface area contributed by atoms with Crippen molar-refractivity contribution in [2.45, 2.75) is 32.2 Å². The molecule has 1 aromatic carbocycles. The van der Waals surface area contributed by atoms with Gasteiger partial charge in [-0.05, 0) is 73.4 Å². The van der Waals surface area contributed by atoms with Crippen LogP contribution in [0.25, 0.3) is 10.2 Å². The van der Waals surface area contributed by atoms with E-state index in [1.165, 1.54) is 28.7 Å². The zero-order valence-electron chi connectivity index (χ0n) is 19.1. The molecule has 0 atom stereocenters. The van der Waals surface area contributed by atoms with Crippen molar-refractivity contribution in [2.75, 3.05) is 50.5 Å². The lowest BCUT2D eigenvalue weighted by Crippen LogP contribution is -2.50. The predicted octanol–water partition coefficient (Wildman–Crippen LogP) is 4.75. The number of piperazine rings is 1. The summed E-state index contributed by atoms with van der Waals surface area (Å²) in [5.74, 6) is 1.93. The number of urea groups is 1. The van der Waals surface area contributed by atoms with Crippen molar-refractivity contribution < 1.29 is 4.79 Å². The fraction of sp³-hybridized carbons (Fsp3) is 0.458. The van der Waals surface area contributed by atoms with Gasteiger partial charge in [-0.3, -0.25) is 0 Å². The molecule has 1 aliphatic heterocycles. The largest absolute Gasteiger partial charge is 0.352 e. The normalized spacial score (nSPS) is 16.4. The lowest BCUT2D eigenvalue weighted by molar-refractivity contribution is 0.208. The molecule has 3 aromatic rings. The number of hydrogen-bond donors (Lipinski definition) is 1. The summed E-state index contributed by atoms with van der Waals surface area (Å²) >= 11 is 5.36. The van der Waals surface area contributed by atoms with Crippen molar-refractivity contribution in [2.24, 2.45) is 0 Å². The SMILES string of the molecule is CN(C)Cc1nc(N2CCN(C(=O)Nc3ccccc3Br)CC2)c2c3c(sc2n1)CCCC3.